The molecular weight excluding hydrogens is 179 g/mol. The smallest absolute Gasteiger partial charge is 0.141 e. The monoisotopic (exact) mass is 188 g/mol. The number of rotatable bonds is 2. The summed E-state index contributed by atoms with van der Waals surface area (Å²) in [5, 5.41) is 0.120. The van der Waals surface area contributed by atoms with E-state index in [-0.39, 0.29) is 11.1 Å². The Morgan fingerprint density at radius 2 is 2.25 bits per heavy atom. The average molecular weight is 189 g/mol. The van der Waals surface area contributed by atoms with Crippen molar-refractivity contribution in [3.05, 3.63) is 34.6 Å². The van der Waals surface area contributed by atoms with Crippen molar-refractivity contribution < 1.29 is 4.39 Å². The first-order valence-electron chi connectivity index (χ1n) is 3.56. The van der Waals surface area contributed by atoms with E-state index < -0.39 is 5.82 Å². The molecule has 0 aliphatic heterocycles. The lowest BCUT2D eigenvalue weighted by molar-refractivity contribution is 0.595. The molecule has 66 valence electrons. The zero-order valence-electron chi connectivity index (χ0n) is 6.64. The SMILES string of the molecule is CC(NN)c1ccc(F)c(Cl)c1. The molecule has 0 radical (unpaired) electrons. The summed E-state index contributed by atoms with van der Waals surface area (Å²) in [6, 6.07) is 4.50. The van der Waals surface area contributed by atoms with Gasteiger partial charge in [0, 0.05) is 6.04 Å². The van der Waals surface area contributed by atoms with Crippen LogP contribution in [0.5, 0.6) is 0 Å². The number of hydrogen-bond acceptors (Lipinski definition) is 2. The van der Waals surface area contributed by atoms with Crippen molar-refractivity contribution >= 4 is 11.6 Å². The first-order chi connectivity index (χ1) is 5.65. The van der Waals surface area contributed by atoms with Crippen LogP contribution in [0.1, 0.15) is 18.5 Å². The highest BCUT2D eigenvalue weighted by Gasteiger charge is 2.05. The zero-order valence-corrected chi connectivity index (χ0v) is 7.40. The Labute approximate surface area is 75.5 Å². The minimum atomic E-state index is -0.412. The Morgan fingerprint density at radius 1 is 1.58 bits per heavy atom. The van der Waals surface area contributed by atoms with Gasteiger partial charge in [-0.3, -0.25) is 11.3 Å². The lowest BCUT2D eigenvalue weighted by Gasteiger charge is -2.10. The van der Waals surface area contributed by atoms with E-state index in [9.17, 15) is 4.39 Å². The largest absolute Gasteiger partial charge is 0.271 e. The number of nitrogens with one attached hydrogen (secondary N) is 1. The van der Waals surface area contributed by atoms with E-state index in [0.717, 1.165) is 5.56 Å². The predicted molar refractivity (Wildman–Crippen MR) is 47.1 cm³/mol. The van der Waals surface area contributed by atoms with Crippen molar-refractivity contribution in [2.75, 3.05) is 0 Å². The highest BCUT2D eigenvalue weighted by Crippen LogP contribution is 2.19. The number of nitrogens with two attached hydrogens (primary N) is 1. The van der Waals surface area contributed by atoms with Crippen molar-refractivity contribution in [2.24, 2.45) is 5.84 Å². The summed E-state index contributed by atoms with van der Waals surface area (Å²) in [4.78, 5) is 0. The molecule has 0 spiro atoms. The molecule has 0 bridgehead atoms. The van der Waals surface area contributed by atoms with Crippen LogP contribution in [-0.4, -0.2) is 0 Å². The summed E-state index contributed by atoms with van der Waals surface area (Å²) in [5.41, 5.74) is 3.41. The van der Waals surface area contributed by atoms with Crippen LogP contribution >= 0.6 is 11.6 Å². The standard InChI is InChI=1S/C8H10ClFN2/c1-5(12-11)6-2-3-8(10)7(9)4-6/h2-5,12H,11H2,1H3. The first kappa shape index (κ1) is 9.45. The maximum Gasteiger partial charge on any atom is 0.141 e. The van der Waals surface area contributed by atoms with Gasteiger partial charge in [-0.05, 0) is 24.6 Å². The van der Waals surface area contributed by atoms with E-state index in [2.05, 4.69) is 5.43 Å². The third-order valence-electron chi connectivity index (χ3n) is 1.69. The molecule has 0 aliphatic carbocycles. The van der Waals surface area contributed by atoms with Crippen LogP contribution < -0.4 is 11.3 Å². The molecule has 1 rings (SSSR count). The van der Waals surface area contributed by atoms with Gasteiger partial charge in [-0.15, -0.1) is 0 Å². The van der Waals surface area contributed by atoms with Gasteiger partial charge < -0.3 is 0 Å². The van der Waals surface area contributed by atoms with Gasteiger partial charge >= 0.3 is 0 Å². The summed E-state index contributed by atoms with van der Waals surface area (Å²) in [6.07, 6.45) is 0. The van der Waals surface area contributed by atoms with Gasteiger partial charge in [0.1, 0.15) is 5.82 Å². The van der Waals surface area contributed by atoms with Gasteiger partial charge in [0.05, 0.1) is 5.02 Å². The van der Waals surface area contributed by atoms with Crippen molar-refractivity contribution in [1.82, 2.24) is 5.43 Å². The van der Waals surface area contributed by atoms with E-state index in [0.29, 0.717) is 0 Å². The third kappa shape index (κ3) is 1.94. The molecule has 1 unspecified atom stereocenters. The Kier molecular flexibility index (Phi) is 3.03. The molecule has 12 heavy (non-hydrogen) atoms. The molecule has 1 atom stereocenters. The third-order valence-corrected chi connectivity index (χ3v) is 1.98. The lowest BCUT2D eigenvalue weighted by atomic mass is 10.1. The Hall–Kier alpha value is -0.640. The van der Waals surface area contributed by atoms with Crippen LogP contribution in [0.3, 0.4) is 0 Å². The topological polar surface area (TPSA) is 38.0 Å². The van der Waals surface area contributed by atoms with Crippen molar-refractivity contribution in [1.29, 1.82) is 0 Å². The number of benzene rings is 1. The molecule has 4 heteroatoms. The van der Waals surface area contributed by atoms with Crippen molar-refractivity contribution in [3.8, 4) is 0 Å². The molecule has 0 heterocycles. The highest BCUT2D eigenvalue weighted by molar-refractivity contribution is 6.30. The Balaban J connectivity index is 2.96. The van der Waals surface area contributed by atoms with Crippen LogP contribution in [0.25, 0.3) is 0 Å². The van der Waals surface area contributed by atoms with Crippen molar-refractivity contribution in [3.63, 3.8) is 0 Å². The van der Waals surface area contributed by atoms with Crippen LogP contribution in [0.15, 0.2) is 18.2 Å². The zero-order chi connectivity index (χ0) is 9.14. The average Bonchev–Trinajstić information content (AvgIpc) is 2.08. The fraction of sp³-hybridized carbons (Fsp3) is 0.250. The molecule has 0 amide bonds. The van der Waals surface area contributed by atoms with Crippen LogP contribution in [0, 0.1) is 5.82 Å². The quantitative estimate of drug-likeness (QED) is 0.551. The van der Waals surface area contributed by atoms with E-state index in [1.807, 2.05) is 6.92 Å². The Morgan fingerprint density at radius 3 is 2.75 bits per heavy atom. The van der Waals surface area contributed by atoms with Crippen LogP contribution in [0.4, 0.5) is 4.39 Å². The maximum absolute atomic E-state index is 12.7. The lowest BCUT2D eigenvalue weighted by Crippen LogP contribution is -2.25. The fourth-order valence-electron chi connectivity index (χ4n) is 0.878. The van der Waals surface area contributed by atoms with E-state index in [4.69, 9.17) is 17.4 Å². The molecule has 1 aromatic carbocycles. The normalized spacial score (nSPS) is 13.0. The summed E-state index contributed by atoms with van der Waals surface area (Å²) in [6.45, 7) is 1.86. The molecule has 0 aliphatic rings. The minimum absolute atomic E-state index is 0.0249. The summed E-state index contributed by atoms with van der Waals surface area (Å²) in [7, 11) is 0. The first-order valence-corrected chi connectivity index (χ1v) is 3.94. The number of hydrogen-bond donors (Lipinski definition) is 2. The van der Waals surface area contributed by atoms with Crippen molar-refractivity contribution in [2.45, 2.75) is 13.0 Å². The minimum Gasteiger partial charge on any atom is -0.271 e. The van der Waals surface area contributed by atoms with Gasteiger partial charge in [0.15, 0.2) is 0 Å². The van der Waals surface area contributed by atoms with Gasteiger partial charge in [-0.25, -0.2) is 4.39 Å². The van der Waals surface area contributed by atoms with E-state index in [1.165, 1.54) is 6.07 Å². The number of halogens is 2. The fourth-order valence-corrected chi connectivity index (χ4v) is 1.07. The highest BCUT2D eigenvalue weighted by atomic mass is 35.5. The second-order valence-corrected chi connectivity index (χ2v) is 2.97. The molecule has 0 saturated carbocycles. The van der Waals surface area contributed by atoms with E-state index in [1.54, 1.807) is 12.1 Å². The second kappa shape index (κ2) is 3.85. The number of hydrazine groups is 1. The molecule has 1 aromatic rings. The molecule has 0 fully saturated rings. The van der Waals surface area contributed by atoms with Gasteiger partial charge in [0.25, 0.3) is 0 Å². The Bertz CT molecular complexity index is 278. The van der Waals surface area contributed by atoms with Gasteiger partial charge in [-0.1, -0.05) is 17.7 Å². The van der Waals surface area contributed by atoms with Gasteiger partial charge in [-0.2, -0.15) is 0 Å². The van der Waals surface area contributed by atoms with Crippen LogP contribution in [0.2, 0.25) is 5.02 Å². The molecule has 3 N–H and O–H groups in total. The molecular formula is C8H10ClFN2. The second-order valence-electron chi connectivity index (χ2n) is 2.56. The van der Waals surface area contributed by atoms with E-state index >= 15 is 0 Å². The van der Waals surface area contributed by atoms with Crippen LogP contribution in [-0.2, 0) is 0 Å². The molecule has 0 saturated heterocycles. The predicted octanol–water partition coefficient (Wildman–Crippen LogP) is 2.00. The van der Waals surface area contributed by atoms with Gasteiger partial charge in [0.2, 0.25) is 0 Å². The summed E-state index contributed by atoms with van der Waals surface area (Å²) >= 11 is 5.57. The summed E-state index contributed by atoms with van der Waals surface area (Å²) in [5.74, 6) is 4.79. The maximum atomic E-state index is 12.7. The molecule has 2 nitrogen and oxygen atoms in total. The summed E-state index contributed by atoms with van der Waals surface area (Å²) < 4.78 is 12.7. The molecule has 0 aromatic heterocycles.